The van der Waals surface area contributed by atoms with E-state index in [4.69, 9.17) is 4.74 Å². The number of aromatic nitrogens is 3. The van der Waals surface area contributed by atoms with Crippen LogP contribution in [0.5, 0.6) is 0 Å². The van der Waals surface area contributed by atoms with Crippen LogP contribution in [-0.4, -0.2) is 65.1 Å². The van der Waals surface area contributed by atoms with Crippen molar-refractivity contribution in [2.75, 3.05) is 33.3 Å². The number of morpholine rings is 1. The molecule has 2 heterocycles. The molecule has 6 heteroatoms. The van der Waals surface area contributed by atoms with Crippen molar-refractivity contribution in [2.45, 2.75) is 51.8 Å². The first-order chi connectivity index (χ1) is 10.2. The van der Waals surface area contributed by atoms with Gasteiger partial charge >= 0.3 is 0 Å². The summed E-state index contributed by atoms with van der Waals surface area (Å²) in [7, 11) is 2.16. The third kappa shape index (κ3) is 4.76. The maximum absolute atomic E-state index is 5.99. The summed E-state index contributed by atoms with van der Waals surface area (Å²) in [6.07, 6.45) is 4.96. The number of rotatable bonds is 8. The summed E-state index contributed by atoms with van der Waals surface area (Å²) in [5, 5.41) is 7.96. The average Bonchev–Trinajstić information content (AvgIpc) is 2.91. The van der Waals surface area contributed by atoms with Crippen molar-refractivity contribution in [1.82, 2.24) is 25.0 Å². The Hall–Kier alpha value is -0.980. The number of aryl methyl sites for hydroxylation is 1. The van der Waals surface area contributed by atoms with Gasteiger partial charge < -0.3 is 15.0 Å². The maximum atomic E-state index is 5.99. The van der Waals surface area contributed by atoms with E-state index in [0.29, 0.717) is 6.04 Å². The molecule has 21 heavy (non-hydrogen) atoms. The molecule has 6 nitrogen and oxygen atoms in total. The summed E-state index contributed by atoms with van der Waals surface area (Å²) in [5.41, 5.74) is 0. The largest absolute Gasteiger partial charge is 0.374 e. The molecule has 1 aliphatic rings. The number of nitrogens with one attached hydrogen (secondary N) is 1. The van der Waals surface area contributed by atoms with Gasteiger partial charge in [0.05, 0.1) is 12.7 Å². The normalized spacial score (nSPS) is 21.6. The standard InChI is InChI=1S/C15H29N5O/c1-4-6-16-13(14-11-19(3)8-9-21-14)10-15-17-12-18-20(15)7-5-2/h12-14,16H,4-11H2,1-3H3. The lowest BCUT2D eigenvalue weighted by Crippen LogP contribution is -2.52. The van der Waals surface area contributed by atoms with Crippen LogP contribution in [0.1, 0.15) is 32.5 Å². The molecule has 0 saturated carbocycles. The zero-order valence-corrected chi connectivity index (χ0v) is 13.6. The van der Waals surface area contributed by atoms with E-state index in [-0.39, 0.29) is 6.10 Å². The lowest BCUT2D eigenvalue weighted by molar-refractivity contribution is -0.0388. The molecule has 2 atom stereocenters. The lowest BCUT2D eigenvalue weighted by Gasteiger charge is -2.35. The molecule has 2 rings (SSSR count). The molecule has 1 N–H and O–H groups in total. The summed E-state index contributed by atoms with van der Waals surface area (Å²) in [6, 6.07) is 0.299. The molecule has 1 saturated heterocycles. The van der Waals surface area contributed by atoms with Crippen molar-refractivity contribution >= 4 is 0 Å². The maximum Gasteiger partial charge on any atom is 0.138 e. The summed E-state index contributed by atoms with van der Waals surface area (Å²) >= 11 is 0. The molecule has 1 aromatic rings. The summed E-state index contributed by atoms with van der Waals surface area (Å²) in [4.78, 5) is 6.78. The van der Waals surface area contributed by atoms with E-state index in [1.807, 2.05) is 4.68 Å². The van der Waals surface area contributed by atoms with Crippen molar-refractivity contribution in [3.8, 4) is 0 Å². The summed E-state index contributed by atoms with van der Waals surface area (Å²) in [5.74, 6) is 1.06. The monoisotopic (exact) mass is 295 g/mol. The predicted octanol–water partition coefficient (Wildman–Crippen LogP) is 0.929. The number of hydrogen-bond acceptors (Lipinski definition) is 5. The van der Waals surface area contributed by atoms with Crippen molar-refractivity contribution in [3.63, 3.8) is 0 Å². The zero-order chi connectivity index (χ0) is 15.1. The Bertz CT molecular complexity index is 409. The second kappa shape index (κ2) is 8.46. The fourth-order valence-electron chi connectivity index (χ4n) is 2.76. The topological polar surface area (TPSA) is 55.2 Å². The van der Waals surface area contributed by atoms with E-state index in [1.165, 1.54) is 0 Å². The molecule has 0 radical (unpaired) electrons. The van der Waals surface area contributed by atoms with Gasteiger partial charge in [-0.2, -0.15) is 5.10 Å². The first-order valence-corrected chi connectivity index (χ1v) is 8.14. The Kier molecular flexibility index (Phi) is 6.60. The van der Waals surface area contributed by atoms with Crippen LogP contribution in [0, 0.1) is 0 Å². The van der Waals surface area contributed by atoms with Gasteiger partial charge in [0.15, 0.2) is 0 Å². The second-order valence-corrected chi connectivity index (χ2v) is 5.84. The van der Waals surface area contributed by atoms with E-state index in [2.05, 4.69) is 41.2 Å². The Morgan fingerprint density at radius 1 is 1.43 bits per heavy atom. The van der Waals surface area contributed by atoms with E-state index in [1.54, 1.807) is 6.33 Å². The van der Waals surface area contributed by atoms with Crippen LogP contribution in [0.15, 0.2) is 6.33 Å². The Morgan fingerprint density at radius 2 is 2.29 bits per heavy atom. The van der Waals surface area contributed by atoms with Crippen LogP contribution in [-0.2, 0) is 17.7 Å². The molecular weight excluding hydrogens is 266 g/mol. The highest BCUT2D eigenvalue weighted by molar-refractivity contribution is 4.94. The predicted molar refractivity (Wildman–Crippen MR) is 83.3 cm³/mol. The quantitative estimate of drug-likeness (QED) is 0.773. The Balaban J connectivity index is 2.02. The first kappa shape index (κ1) is 16.4. The third-order valence-electron chi connectivity index (χ3n) is 3.94. The van der Waals surface area contributed by atoms with Crippen LogP contribution in [0.2, 0.25) is 0 Å². The van der Waals surface area contributed by atoms with Crippen molar-refractivity contribution in [3.05, 3.63) is 12.2 Å². The van der Waals surface area contributed by atoms with E-state index in [9.17, 15) is 0 Å². The van der Waals surface area contributed by atoms with Gasteiger partial charge in [-0.3, -0.25) is 4.68 Å². The van der Waals surface area contributed by atoms with E-state index < -0.39 is 0 Å². The molecule has 0 spiro atoms. The van der Waals surface area contributed by atoms with Crippen LogP contribution in [0.25, 0.3) is 0 Å². The smallest absolute Gasteiger partial charge is 0.138 e. The summed E-state index contributed by atoms with van der Waals surface area (Å²) in [6.45, 7) is 9.10. The number of ether oxygens (including phenoxy) is 1. The molecule has 120 valence electrons. The molecule has 0 amide bonds. The van der Waals surface area contributed by atoms with Crippen molar-refractivity contribution in [1.29, 1.82) is 0 Å². The van der Waals surface area contributed by atoms with E-state index >= 15 is 0 Å². The Labute approximate surface area is 127 Å². The molecule has 2 unspecified atom stereocenters. The molecule has 1 aromatic heterocycles. The van der Waals surface area contributed by atoms with Gasteiger partial charge in [0.2, 0.25) is 0 Å². The van der Waals surface area contributed by atoms with Gasteiger partial charge in [0, 0.05) is 32.1 Å². The van der Waals surface area contributed by atoms with Gasteiger partial charge in [-0.25, -0.2) is 4.98 Å². The van der Waals surface area contributed by atoms with Crippen LogP contribution in [0.3, 0.4) is 0 Å². The van der Waals surface area contributed by atoms with Crippen LogP contribution >= 0.6 is 0 Å². The highest BCUT2D eigenvalue weighted by Crippen LogP contribution is 2.12. The zero-order valence-electron chi connectivity index (χ0n) is 13.6. The Morgan fingerprint density at radius 3 is 3.00 bits per heavy atom. The fourth-order valence-corrected chi connectivity index (χ4v) is 2.76. The molecule has 1 aliphatic heterocycles. The molecule has 0 bridgehead atoms. The number of nitrogens with zero attached hydrogens (tertiary/aromatic N) is 4. The van der Waals surface area contributed by atoms with E-state index in [0.717, 1.165) is 57.9 Å². The lowest BCUT2D eigenvalue weighted by atomic mass is 10.0. The fraction of sp³-hybridized carbons (Fsp3) is 0.867. The SMILES string of the molecule is CCCNC(Cc1ncnn1CCC)C1CN(C)CCO1. The molecule has 0 aromatic carbocycles. The minimum absolute atomic E-state index is 0.224. The molecule has 1 fully saturated rings. The van der Waals surface area contributed by atoms with Crippen LogP contribution < -0.4 is 5.32 Å². The minimum atomic E-state index is 0.224. The van der Waals surface area contributed by atoms with Crippen LogP contribution in [0.4, 0.5) is 0 Å². The van der Waals surface area contributed by atoms with Gasteiger partial charge in [-0.15, -0.1) is 0 Å². The first-order valence-electron chi connectivity index (χ1n) is 8.14. The third-order valence-corrected chi connectivity index (χ3v) is 3.94. The minimum Gasteiger partial charge on any atom is -0.374 e. The van der Waals surface area contributed by atoms with Gasteiger partial charge in [0.25, 0.3) is 0 Å². The van der Waals surface area contributed by atoms with Crippen molar-refractivity contribution < 1.29 is 4.74 Å². The second-order valence-electron chi connectivity index (χ2n) is 5.84. The highest BCUT2D eigenvalue weighted by atomic mass is 16.5. The molecule has 0 aliphatic carbocycles. The number of hydrogen-bond donors (Lipinski definition) is 1. The van der Waals surface area contributed by atoms with Crippen molar-refractivity contribution in [2.24, 2.45) is 0 Å². The highest BCUT2D eigenvalue weighted by Gasteiger charge is 2.27. The van der Waals surface area contributed by atoms with Gasteiger partial charge in [-0.05, 0) is 26.4 Å². The number of likely N-dealkylation sites (N-methyl/N-ethyl adjacent to an activating group) is 1. The summed E-state index contributed by atoms with van der Waals surface area (Å²) < 4.78 is 8.02. The molecular formula is C15H29N5O. The van der Waals surface area contributed by atoms with Gasteiger partial charge in [-0.1, -0.05) is 13.8 Å². The average molecular weight is 295 g/mol. The van der Waals surface area contributed by atoms with Gasteiger partial charge in [0.1, 0.15) is 12.2 Å².